The van der Waals surface area contributed by atoms with E-state index < -0.39 is 36.4 Å². The topological polar surface area (TPSA) is 132 Å². The van der Waals surface area contributed by atoms with Gasteiger partial charge in [0.05, 0.1) is 12.8 Å². The summed E-state index contributed by atoms with van der Waals surface area (Å²) in [7, 11) is 0. The predicted octanol–water partition coefficient (Wildman–Crippen LogP) is -4.13. The molecule has 84 valence electrons. The molecule has 9 heteroatoms. The summed E-state index contributed by atoms with van der Waals surface area (Å²) in [6.07, 6.45) is -2.29. The van der Waals surface area contributed by atoms with Crippen molar-refractivity contribution < 1.29 is 107 Å². The molecule has 0 aromatic rings. The van der Waals surface area contributed by atoms with Gasteiger partial charge in [0.1, 0.15) is 0 Å². The summed E-state index contributed by atoms with van der Waals surface area (Å²) in [5.74, 6) is -5.02. The summed E-state index contributed by atoms with van der Waals surface area (Å²) in [5, 5.41) is 33.8. The molecule has 0 amide bonds. The number of aliphatic hydroxyl groups is 1. The SMILES string of the molecule is O=C(O)CC(O)(CC(=O)O)C(=O)O.[H-].[K+].[Os]. The Morgan fingerprint density at radius 3 is 1.40 bits per heavy atom. The van der Waals surface area contributed by atoms with Gasteiger partial charge < -0.3 is 21.9 Å². The van der Waals surface area contributed by atoms with Crippen molar-refractivity contribution in [3.8, 4) is 0 Å². The van der Waals surface area contributed by atoms with Crippen LogP contribution >= 0.6 is 0 Å². The maximum atomic E-state index is 10.3. The molecule has 0 spiro atoms. The van der Waals surface area contributed by atoms with Crippen LogP contribution in [0.5, 0.6) is 0 Å². The number of carbonyl (C=O) groups is 3. The smallest absolute Gasteiger partial charge is 1.00 e. The molecule has 0 saturated carbocycles. The van der Waals surface area contributed by atoms with E-state index in [4.69, 9.17) is 20.4 Å². The molecule has 0 rings (SSSR count). The summed E-state index contributed by atoms with van der Waals surface area (Å²) < 4.78 is 0. The molecule has 4 N–H and O–H groups in total. The Hall–Kier alpha value is 0.643. The van der Waals surface area contributed by atoms with Crippen molar-refractivity contribution in [3.63, 3.8) is 0 Å². The van der Waals surface area contributed by atoms with E-state index in [0.29, 0.717) is 0 Å². The van der Waals surface area contributed by atoms with Crippen molar-refractivity contribution in [1.29, 1.82) is 0 Å². The summed E-state index contributed by atoms with van der Waals surface area (Å²) in [4.78, 5) is 30.5. The molecule has 0 bridgehead atoms. The van der Waals surface area contributed by atoms with E-state index in [-0.39, 0.29) is 72.6 Å². The van der Waals surface area contributed by atoms with Gasteiger partial charge in [-0.2, -0.15) is 0 Å². The van der Waals surface area contributed by atoms with Gasteiger partial charge in [0.2, 0.25) is 0 Å². The monoisotopic (exact) mass is 424 g/mol. The van der Waals surface area contributed by atoms with Gasteiger partial charge in [0.25, 0.3) is 0 Å². The van der Waals surface area contributed by atoms with Crippen molar-refractivity contribution in [2.45, 2.75) is 18.4 Å². The van der Waals surface area contributed by atoms with E-state index in [1.54, 1.807) is 0 Å². The van der Waals surface area contributed by atoms with E-state index in [2.05, 4.69) is 0 Å². The molecule has 0 fully saturated rings. The zero-order chi connectivity index (χ0) is 10.6. The van der Waals surface area contributed by atoms with Crippen LogP contribution in [0.25, 0.3) is 0 Å². The zero-order valence-corrected chi connectivity index (χ0v) is 13.4. The van der Waals surface area contributed by atoms with Crippen LogP contribution in [0.1, 0.15) is 14.3 Å². The van der Waals surface area contributed by atoms with Gasteiger partial charge in [0, 0.05) is 19.8 Å². The normalized spacial score (nSPS) is 9.40. The number of carboxylic acids is 3. The van der Waals surface area contributed by atoms with Crippen LogP contribution in [-0.2, 0) is 34.2 Å². The van der Waals surface area contributed by atoms with Crippen molar-refractivity contribution >= 4 is 17.9 Å². The molecular weight excluding hydrogens is 413 g/mol. The van der Waals surface area contributed by atoms with Crippen LogP contribution in [0.4, 0.5) is 0 Å². The number of carboxylic acid groups (broad SMARTS) is 3. The Bertz CT molecular complexity index is 243. The van der Waals surface area contributed by atoms with Gasteiger partial charge in [-0.15, -0.1) is 0 Å². The van der Waals surface area contributed by atoms with Crippen molar-refractivity contribution in [2.75, 3.05) is 0 Å². The van der Waals surface area contributed by atoms with Crippen LogP contribution in [-0.4, -0.2) is 43.9 Å². The second-order valence-electron chi connectivity index (χ2n) is 2.48. The van der Waals surface area contributed by atoms with E-state index in [0.717, 1.165) is 0 Å². The quantitative estimate of drug-likeness (QED) is 0.331. The van der Waals surface area contributed by atoms with Crippen LogP contribution in [0.3, 0.4) is 0 Å². The third-order valence-electron chi connectivity index (χ3n) is 1.29. The summed E-state index contributed by atoms with van der Waals surface area (Å²) in [6, 6.07) is 0. The van der Waals surface area contributed by atoms with Gasteiger partial charge in [-0.25, -0.2) is 4.79 Å². The first kappa shape index (κ1) is 21.0. The van der Waals surface area contributed by atoms with E-state index >= 15 is 0 Å². The predicted molar refractivity (Wildman–Crippen MR) is 38.2 cm³/mol. The molecule has 0 aromatic carbocycles. The maximum absolute atomic E-state index is 10.3. The molecule has 0 aliphatic rings. The van der Waals surface area contributed by atoms with Crippen molar-refractivity contribution in [1.82, 2.24) is 0 Å². The molecular formula is C6H9KO7Os. The molecule has 0 aliphatic carbocycles. The third kappa shape index (κ3) is 8.45. The largest absolute Gasteiger partial charge is 1.00 e. The Morgan fingerprint density at radius 1 is 1.00 bits per heavy atom. The van der Waals surface area contributed by atoms with Gasteiger partial charge >= 0.3 is 69.3 Å². The molecule has 0 saturated heterocycles. The summed E-state index contributed by atoms with van der Waals surface area (Å²) >= 11 is 0. The number of hydrogen-bond acceptors (Lipinski definition) is 4. The van der Waals surface area contributed by atoms with Crippen LogP contribution < -0.4 is 51.4 Å². The van der Waals surface area contributed by atoms with E-state index in [1.165, 1.54) is 0 Å². The molecule has 15 heavy (non-hydrogen) atoms. The molecule has 7 nitrogen and oxygen atoms in total. The first-order valence-electron chi connectivity index (χ1n) is 3.17. The summed E-state index contributed by atoms with van der Waals surface area (Å²) in [6.45, 7) is 0. The second kappa shape index (κ2) is 8.76. The van der Waals surface area contributed by atoms with Crippen molar-refractivity contribution in [3.05, 3.63) is 0 Å². The fourth-order valence-corrected chi connectivity index (χ4v) is 0.714. The van der Waals surface area contributed by atoms with Crippen LogP contribution in [0.2, 0.25) is 0 Å². The van der Waals surface area contributed by atoms with E-state index in [1.807, 2.05) is 0 Å². The maximum Gasteiger partial charge on any atom is 1.00 e. The van der Waals surface area contributed by atoms with Crippen molar-refractivity contribution in [2.24, 2.45) is 0 Å². The average molecular weight is 422 g/mol. The van der Waals surface area contributed by atoms with Crippen LogP contribution in [0.15, 0.2) is 0 Å². The Kier molecular flexibility index (Phi) is 12.2. The molecule has 0 radical (unpaired) electrons. The Labute approximate surface area is 142 Å². The standard InChI is InChI=1S/C6H8O7.K.Os.H/c7-3(8)1-6(13,5(11)12)2-4(9)10;;;/h13H,1-2H2,(H,7,8)(H,9,10)(H,11,12);;;/q;+1;;-1. The first-order valence-corrected chi connectivity index (χ1v) is 3.17. The third-order valence-corrected chi connectivity index (χ3v) is 1.29. The molecule has 0 atom stereocenters. The Balaban J connectivity index is -0.000000240. The molecule has 0 unspecified atom stereocenters. The van der Waals surface area contributed by atoms with Gasteiger partial charge in [-0.05, 0) is 0 Å². The fourth-order valence-electron chi connectivity index (χ4n) is 0.714. The number of aliphatic carboxylic acids is 3. The zero-order valence-electron chi connectivity index (χ0n) is 8.78. The Morgan fingerprint density at radius 2 is 1.27 bits per heavy atom. The van der Waals surface area contributed by atoms with Crippen LogP contribution in [0, 0.1) is 0 Å². The second-order valence-corrected chi connectivity index (χ2v) is 2.48. The summed E-state index contributed by atoms with van der Waals surface area (Å²) in [5.41, 5.74) is -2.74. The minimum absolute atomic E-state index is 0. The first-order chi connectivity index (χ1) is 5.78. The fraction of sp³-hybridized carbons (Fsp3) is 0.500. The van der Waals surface area contributed by atoms with Gasteiger partial charge in [-0.3, -0.25) is 9.59 Å². The number of hydrogen-bond donors (Lipinski definition) is 4. The molecule has 0 heterocycles. The van der Waals surface area contributed by atoms with E-state index in [9.17, 15) is 14.4 Å². The van der Waals surface area contributed by atoms with Gasteiger partial charge in [-0.1, -0.05) is 0 Å². The average Bonchev–Trinajstić information content (AvgIpc) is 1.82. The minimum atomic E-state index is -2.74. The molecule has 0 aliphatic heterocycles. The van der Waals surface area contributed by atoms with Gasteiger partial charge in [0.15, 0.2) is 5.60 Å². The molecule has 0 aromatic heterocycles. The minimum Gasteiger partial charge on any atom is -1.00 e. The number of rotatable bonds is 5.